The maximum Gasteiger partial charge on any atom is 0.107 e. The summed E-state index contributed by atoms with van der Waals surface area (Å²) in [5.74, 6) is 0. The van der Waals surface area contributed by atoms with E-state index in [1.807, 2.05) is 11.3 Å². The number of hydrogen-bond acceptors (Lipinski definition) is 5. The van der Waals surface area contributed by atoms with Gasteiger partial charge >= 0.3 is 0 Å². The molecule has 2 aliphatic rings. The third-order valence-corrected chi connectivity index (χ3v) is 5.34. The van der Waals surface area contributed by atoms with Crippen molar-refractivity contribution >= 4 is 11.3 Å². The number of fused-ring (bicyclic) bond motifs is 1. The molecule has 0 aliphatic carbocycles. The SMILES string of the molecule is Cc1nc(CN2CCN3[C@@H](COC[C@@H]3C)C2)sc1C. The number of aromatic nitrogens is 1. The average molecular weight is 281 g/mol. The Morgan fingerprint density at radius 2 is 2.16 bits per heavy atom. The molecule has 0 unspecified atom stereocenters. The summed E-state index contributed by atoms with van der Waals surface area (Å²) >= 11 is 1.84. The van der Waals surface area contributed by atoms with E-state index in [0.29, 0.717) is 12.1 Å². The van der Waals surface area contributed by atoms with Crippen LogP contribution >= 0.6 is 11.3 Å². The summed E-state index contributed by atoms with van der Waals surface area (Å²) in [4.78, 5) is 11.1. The van der Waals surface area contributed by atoms with E-state index in [-0.39, 0.29) is 0 Å². The average Bonchev–Trinajstić information content (AvgIpc) is 2.68. The second-order valence-electron chi connectivity index (χ2n) is 5.76. The van der Waals surface area contributed by atoms with Crippen LogP contribution in [0.15, 0.2) is 0 Å². The highest BCUT2D eigenvalue weighted by molar-refractivity contribution is 7.11. The number of ether oxygens (including phenoxy) is 1. The molecule has 4 nitrogen and oxygen atoms in total. The Labute approximate surface area is 119 Å². The molecular weight excluding hydrogens is 258 g/mol. The second kappa shape index (κ2) is 5.48. The van der Waals surface area contributed by atoms with Crippen LogP contribution in [0.1, 0.15) is 22.5 Å². The summed E-state index contributed by atoms with van der Waals surface area (Å²) < 4.78 is 5.69. The first-order valence-electron chi connectivity index (χ1n) is 7.12. The molecule has 0 radical (unpaired) electrons. The van der Waals surface area contributed by atoms with Crippen LogP contribution in [-0.2, 0) is 11.3 Å². The molecule has 3 heterocycles. The number of thiazole rings is 1. The Bertz CT molecular complexity index is 428. The molecule has 106 valence electrons. The molecule has 0 bridgehead atoms. The Morgan fingerprint density at radius 1 is 1.32 bits per heavy atom. The smallest absolute Gasteiger partial charge is 0.107 e. The highest BCUT2D eigenvalue weighted by Crippen LogP contribution is 2.22. The van der Waals surface area contributed by atoms with Crippen molar-refractivity contribution < 1.29 is 4.74 Å². The van der Waals surface area contributed by atoms with Gasteiger partial charge in [0.25, 0.3) is 0 Å². The predicted molar refractivity (Wildman–Crippen MR) is 77.6 cm³/mol. The molecular formula is C14H23N3OS. The van der Waals surface area contributed by atoms with Gasteiger partial charge < -0.3 is 4.74 Å². The van der Waals surface area contributed by atoms with Gasteiger partial charge in [0.2, 0.25) is 0 Å². The zero-order chi connectivity index (χ0) is 13.4. The van der Waals surface area contributed by atoms with E-state index in [1.54, 1.807) is 0 Å². The molecule has 3 rings (SSSR count). The molecule has 0 saturated carbocycles. The molecule has 19 heavy (non-hydrogen) atoms. The second-order valence-corrected chi connectivity index (χ2v) is 7.05. The van der Waals surface area contributed by atoms with E-state index in [4.69, 9.17) is 4.74 Å². The lowest BCUT2D eigenvalue weighted by atomic mass is 10.1. The van der Waals surface area contributed by atoms with E-state index in [1.165, 1.54) is 22.1 Å². The molecule has 5 heteroatoms. The number of rotatable bonds is 2. The van der Waals surface area contributed by atoms with Crippen LogP contribution in [0.5, 0.6) is 0 Å². The van der Waals surface area contributed by atoms with Gasteiger partial charge in [-0.05, 0) is 20.8 Å². The van der Waals surface area contributed by atoms with E-state index in [2.05, 4.69) is 35.6 Å². The van der Waals surface area contributed by atoms with Gasteiger partial charge in [-0.1, -0.05) is 0 Å². The Kier molecular flexibility index (Phi) is 3.89. The fourth-order valence-electron chi connectivity index (χ4n) is 3.07. The van der Waals surface area contributed by atoms with Crippen LogP contribution in [0.2, 0.25) is 0 Å². The van der Waals surface area contributed by atoms with Crippen molar-refractivity contribution in [3.8, 4) is 0 Å². The molecule has 2 saturated heterocycles. The van der Waals surface area contributed by atoms with Crippen LogP contribution in [-0.4, -0.2) is 59.7 Å². The first kappa shape index (κ1) is 13.5. The topological polar surface area (TPSA) is 28.6 Å². The minimum Gasteiger partial charge on any atom is -0.378 e. The minimum atomic E-state index is 0.569. The zero-order valence-electron chi connectivity index (χ0n) is 12.1. The van der Waals surface area contributed by atoms with Crippen molar-refractivity contribution in [2.24, 2.45) is 0 Å². The van der Waals surface area contributed by atoms with Gasteiger partial charge in [0.15, 0.2) is 0 Å². The van der Waals surface area contributed by atoms with Crippen LogP contribution in [0.25, 0.3) is 0 Å². The number of piperazine rings is 1. The van der Waals surface area contributed by atoms with Crippen molar-refractivity contribution in [3.63, 3.8) is 0 Å². The summed E-state index contributed by atoms with van der Waals surface area (Å²) in [6.45, 7) is 12.7. The number of morpholine rings is 1. The maximum absolute atomic E-state index is 5.69. The van der Waals surface area contributed by atoms with E-state index >= 15 is 0 Å². The molecule has 2 aliphatic heterocycles. The minimum absolute atomic E-state index is 0.569. The normalized spacial score (nSPS) is 29.4. The zero-order valence-corrected chi connectivity index (χ0v) is 12.9. The fourth-order valence-corrected chi connectivity index (χ4v) is 4.05. The Balaban J connectivity index is 1.61. The molecule has 0 N–H and O–H groups in total. The molecule has 1 aromatic heterocycles. The van der Waals surface area contributed by atoms with Gasteiger partial charge in [-0.25, -0.2) is 4.98 Å². The Hall–Kier alpha value is -0.490. The summed E-state index contributed by atoms with van der Waals surface area (Å²) in [6.07, 6.45) is 0. The van der Waals surface area contributed by atoms with Crippen LogP contribution < -0.4 is 0 Å². The fraction of sp³-hybridized carbons (Fsp3) is 0.786. The van der Waals surface area contributed by atoms with Crippen LogP contribution in [0.3, 0.4) is 0 Å². The lowest BCUT2D eigenvalue weighted by molar-refractivity contribution is -0.0765. The Morgan fingerprint density at radius 3 is 2.89 bits per heavy atom. The number of hydrogen-bond donors (Lipinski definition) is 0. The molecule has 2 atom stereocenters. The largest absolute Gasteiger partial charge is 0.378 e. The van der Waals surface area contributed by atoms with Crippen molar-refractivity contribution in [1.82, 2.24) is 14.8 Å². The van der Waals surface area contributed by atoms with Gasteiger partial charge in [-0.3, -0.25) is 9.80 Å². The summed E-state index contributed by atoms with van der Waals surface area (Å²) in [5, 5.41) is 1.26. The highest BCUT2D eigenvalue weighted by Gasteiger charge is 2.33. The van der Waals surface area contributed by atoms with E-state index in [9.17, 15) is 0 Å². The molecule has 0 amide bonds. The van der Waals surface area contributed by atoms with Gasteiger partial charge in [0.1, 0.15) is 5.01 Å². The van der Waals surface area contributed by atoms with Crippen molar-refractivity contribution in [3.05, 3.63) is 15.6 Å². The molecule has 2 fully saturated rings. The molecule has 0 spiro atoms. The van der Waals surface area contributed by atoms with Gasteiger partial charge in [-0.2, -0.15) is 0 Å². The lowest BCUT2D eigenvalue weighted by Crippen LogP contribution is -2.60. The third-order valence-electron chi connectivity index (χ3n) is 4.28. The summed E-state index contributed by atoms with van der Waals surface area (Å²) in [6, 6.07) is 1.14. The predicted octanol–water partition coefficient (Wildman–Crippen LogP) is 1.66. The summed E-state index contributed by atoms with van der Waals surface area (Å²) in [7, 11) is 0. The monoisotopic (exact) mass is 281 g/mol. The highest BCUT2D eigenvalue weighted by atomic mass is 32.1. The van der Waals surface area contributed by atoms with E-state index < -0.39 is 0 Å². The number of aryl methyl sites for hydroxylation is 2. The van der Waals surface area contributed by atoms with Gasteiger partial charge in [0, 0.05) is 36.6 Å². The summed E-state index contributed by atoms with van der Waals surface area (Å²) in [5.41, 5.74) is 1.19. The van der Waals surface area contributed by atoms with Crippen molar-refractivity contribution in [2.75, 3.05) is 32.8 Å². The van der Waals surface area contributed by atoms with E-state index in [0.717, 1.165) is 32.8 Å². The first-order valence-corrected chi connectivity index (χ1v) is 7.94. The van der Waals surface area contributed by atoms with Crippen molar-refractivity contribution in [2.45, 2.75) is 39.4 Å². The number of nitrogens with zero attached hydrogens (tertiary/aromatic N) is 3. The third kappa shape index (κ3) is 2.84. The molecule has 0 aromatic carbocycles. The quantitative estimate of drug-likeness (QED) is 0.824. The van der Waals surface area contributed by atoms with Crippen LogP contribution in [0.4, 0.5) is 0 Å². The van der Waals surface area contributed by atoms with Crippen LogP contribution in [0, 0.1) is 13.8 Å². The molecule has 1 aromatic rings. The standard InChI is InChI=1S/C14H23N3OS/c1-10-8-18-9-13-6-16(4-5-17(10)13)7-14-15-11(2)12(3)19-14/h10,13H,4-9H2,1-3H3/t10-,13+/m0/s1. The first-order chi connectivity index (χ1) is 9.13. The van der Waals surface area contributed by atoms with Gasteiger partial charge in [-0.15, -0.1) is 11.3 Å². The van der Waals surface area contributed by atoms with Gasteiger partial charge in [0.05, 0.1) is 25.5 Å². The lowest BCUT2D eigenvalue weighted by Gasteiger charge is -2.46. The maximum atomic E-state index is 5.69. The van der Waals surface area contributed by atoms with Crippen molar-refractivity contribution in [1.29, 1.82) is 0 Å².